The molecule has 1 atom stereocenters. The number of nitrogens with zero attached hydrogens (tertiary/aromatic N) is 2. The number of rotatable bonds is 6. The second-order valence-electron chi connectivity index (χ2n) is 6.74. The summed E-state index contributed by atoms with van der Waals surface area (Å²) in [5, 5.41) is 12.0. The van der Waals surface area contributed by atoms with E-state index in [0.717, 1.165) is 18.2 Å². The number of halogens is 4. The number of anilines is 2. The maximum Gasteiger partial charge on any atom is 0.263 e. The van der Waals surface area contributed by atoms with E-state index in [1.165, 1.54) is 24.5 Å². The first-order chi connectivity index (χ1) is 15.6. The van der Waals surface area contributed by atoms with Gasteiger partial charge in [-0.3, -0.25) is 4.72 Å². The van der Waals surface area contributed by atoms with Gasteiger partial charge in [0.25, 0.3) is 10.0 Å². The SMILES string of the molecule is C[C@@H](O)CNc1ncc(C#Cc2c(F)ccc(NS(=O)(=O)c3cc(Cl)ccc3Cl)c2F)cn1. The van der Waals surface area contributed by atoms with Gasteiger partial charge >= 0.3 is 0 Å². The van der Waals surface area contributed by atoms with Crippen LogP contribution in [-0.4, -0.2) is 36.1 Å². The Morgan fingerprint density at radius 3 is 2.48 bits per heavy atom. The summed E-state index contributed by atoms with van der Waals surface area (Å²) in [7, 11) is -4.32. The summed E-state index contributed by atoms with van der Waals surface area (Å²) in [4.78, 5) is 7.60. The number of hydrogen-bond acceptors (Lipinski definition) is 6. The zero-order chi connectivity index (χ0) is 24.2. The third-order valence-electron chi connectivity index (χ3n) is 4.06. The van der Waals surface area contributed by atoms with Gasteiger partial charge in [0.15, 0.2) is 5.82 Å². The molecule has 0 aliphatic rings. The van der Waals surface area contributed by atoms with E-state index < -0.39 is 39.0 Å². The quantitative estimate of drug-likeness (QED) is 0.430. The first-order valence-corrected chi connectivity index (χ1v) is 11.5. The molecule has 0 saturated carbocycles. The highest BCUT2D eigenvalue weighted by Gasteiger charge is 2.22. The van der Waals surface area contributed by atoms with Crippen LogP contribution in [-0.2, 0) is 10.0 Å². The lowest BCUT2D eigenvalue weighted by Gasteiger charge is -2.11. The van der Waals surface area contributed by atoms with E-state index in [-0.39, 0.29) is 33.0 Å². The zero-order valence-corrected chi connectivity index (χ0v) is 19.2. The molecule has 2 aromatic carbocycles. The molecular weight excluding hydrogens is 497 g/mol. The summed E-state index contributed by atoms with van der Waals surface area (Å²) in [6, 6.07) is 5.59. The van der Waals surface area contributed by atoms with E-state index in [1.807, 2.05) is 4.72 Å². The predicted octanol–water partition coefficient (Wildman–Crippen LogP) is 4.05. The Kier molecular flexibility index (Phi) is 7.71. The summed E-state index contributed by atoms with van der Waals surface area (Å²) < 4.78 is 56.4. The number of aliphatic hydroxyl groups excluding tert-OH is 1. The molecule has 3 rings (SSSR count). The smallest absolute Gasteiger partial charge is 0.263 e. The van der Waals surface area contributed by atoms with E-state index >= 15 is 0 Å². The second kappa shape index (κ2) is 10.3. The summed E-state index contributed by atoms with van der Waals surface area (Å²) in [5.41, 5.74) is -0.914. The highest BCUT2D eigenvalue weighted by atomic mass is 35.5. The van der Waals surface area contributed by atoms with Crippen LogP contribution in [0.1, 0.15) is 18.1 Å². The van der Waals surface area contributed by atoms with Crippen molar-refractivity contribution in [3.8, 4) is 11.8 Å². The molecule has 7 nitrogen and oxygen atoms in total. The Hall–Kier alpha value is -2.97. The Morgan fingerprint density at radius 2 is 1.82 bits per heavy atom. The lowest BCUT2D eigenvalue weighted by Crippen LogP contribution is -2.16. The van der Waals surface area contributed by atoms with Crippen molar-refractivity contribution < 1.29 is 22.3 Å². The van der Waals surface area contributed by atoms with Crippen LogP contribution in [0.25, 0.3) is 0 Å². The van der Waals surface area contributed by atoms with Crippen molar-refractivity contribution in [1.82, 2.24) is 9.97 Å². The molecule has 0 amide bonds. The van der Waals surface area contributed by atoms with Crippen molar-refractivity contribution in [3.63, 3.8) is 0 Å². The minimum atomic E-state index is -4.32. The highest BCUT2D eigenvalue weighted by Crippen LogP contribution is 2.28. The topological polar surface area (TPSA) is 104 Å². The number of hydrogen-bond donors (Lipinski definition) is 3. The molecule has 0 saturated heterocycles. The molecule has 0 spiro atoms. The minimum absolute atomic E-state index is 0.111. The fraction of sp³-hybridized carbons (Fsp3) is 0.143. The molecule has 3 N–H and O–H groups in total. The second-order valence-corrected chi connectivity index (χ2v) is 9.23. The highest BCUT2D eigenvalue weighted by molar-refractivity contribution is 7.92. The van der Waals surface area contributed by atoms with Crippen LogP contribution < -0.4 is 10.0 Å². The van der Waals surface area contributed by atoms with Gasteiger partial charge in [-0.25, -0.2) is 27.2 Å². The van der Waals surface area contributed by atoms with Gasteiger partial charge in [-0.15, -0.1) is 0 Å². The van der Waals surface area contributed by atoms with Crippen molar-refractivity contribution >= 4 is 44.9 Å². The number of nitrogens with one attached hydrogen (secondary N) is 2. The molecule has 0 bridgehead atoms. The van der Waals surface area contributed by atoms with Gasteiger partial charge in [0.05, 0.1) is 27.9 Å². The first-order valence-electron chi connectivity index (χ1n) is 9.28. The molecule has 0 radical (unpaired) electrons. The molecule has 0 aliphatic heterocycles. The van der Waals surface area contributed by atoms with Gasteiger partial charge < -0.3 is 10.4 Å². The Bertz CT molecular complexity index is 1340. The van der Waals surface area contributed by atoms with E-state index in [1.54, 1.807) is 6.92 Å². The van der Waals surface area contributed by atoms with Crippen molar-refractivity contribution in [1.29, 1.82) is 0 Å². The van der Waals surface area contributed by atoms with Crippen molar-refractivity contribution in [2.45, 2.75) is 17.9 Å². The van der Waals surface area contributed by atoms with E-state index in [9.17, 15) is 22.3 Å². The zero-order valence-electron chi connectivity index (χ0n) is 16.9. The third kappa shape index (κ3) is 6.30. The fourth-order valence-electron chi connectivity index (χ4n) is 2.49. The van der Waals surface area contributed by atoms with Crippen molar-refractivity contribution in [2.24, 2.45) is 0 Å². The average Bonchev–Trinajstić information content (AvgIpc) is 2.76. The molecular formula is C21H16Cl2F2N4O3S. The van der Waals surface area contributed by atoms with Gasteiger partial charge in [0, 0.05) is 24.0 Å². The van der Waals surface area contributed by atoms with Crippen LogP contribution in [0.5, 0.6) is 0 Å². The van der Waals surface area contributed by atoms with Crippen LogP contribution >= 0.6 is 23.2 Å². The van der Waals surface area contributed by atoms with Crippen LogP contribution in [0.4, 0.5) is 20.4 Å². The lowest BCUT2D eigenvalue weighted by atomic mass is 10.1. The van der Waals surface area contributed by atoms with E-state index in [0.29, 0.717) is 0 Å². The molecule has 0 unspecified atom stereocenters. The van der Waals surface area contributed by atoms with Crippen molar-refractivity contribution in [2.75, 3.05) is 16.6 Å². The normalized spacial score (nSPS) is 11.9. The summed E-state index contributed by atoms with van der Waals surface area (Å²) >= 11 is 11.8. The molecule has 1 heterocycles. The molecule has 1 aromatic heterocycles. The van der Waals surface area contributed by atoms with Crippen LogP contribution in [0, 0.1) is 23.5 Å². The largest absolute Gasteiger partial charge is 0.392 e. The molecule has 0 aliphatic carbocycles. The number of benzene rings is 2. The fourth-order valence-corrected chi connectivity index (χ4v) is 4.31. The van der Waals surface area contributed by atoms with Crippen LogP contribution in [0.2, 0.25) is 10.0 Å². The molecule has 172 valence electrons. The standard InChI is InChI=1S/C21H16Cl2F2N4O3S/c1-12(30)9-26-21-27-10-13(11-28-21)2-4-15-17(24)6-7-18(20(15)25)29-33(31,32)19-8-14(22)3-5-16(19)23/h3,5-8,10-12,29-30H,9H2,1H3,(H,26,27,28)/t12-/m1/s1. The monoisotopic (exact) mass is 512 g/mol. The average molecular weight is 513 g/mol. The lowest BCUT2D eigenvalue weighted by molar-refractivity contribution is 0.208. The van der Waals surface area contributed by atoms with Gasteiger partial charge in [0.1, 0.15) is 10.7 Å². The molecule has 0 fully saturated rings. The van der Waals surface area contributed by atoms with Crippen LogP contribution in [0.15, 0.2) is 47.6 Å². The van der Waals surface area contributed by atoms with E-state index in [4.69, 9.17) is 23.2 Å². The van der Waals surface area contributed by atoms with Gasteiger partial charge in [-0.2, -0.15) is 0 Å². The Morgan fingerprint density at radius 1 is 1.12 bits per heavy atom. The van der Waals surface area contributed by atoms with Gasteiger partial charge in [-0.05, 0) is 37.3 Å². The third-order valence-corrected chi connectivity index (χ3v) is 6.14. The summed E-state index contributed by atoms with van der Waals surface area (Å²) in [5.74, 6) is 2.91. The molecule has 33 heavy (non-hydrogen) atoms. The maximum atomic E-state index is 14.9. The van der Waals surface area contributed by atoms with Crippen molar-refractivity contribution in [3.05, 3.63) is 75.5 Å². The van der Waals surface area contributed by atoms with Gasteiger partial charge in [0.2, 0.25) is 5.95 Å². The number of aliphatic hydroxyl groups is 1. The predicted molar refractivity (Wildman–Crippen MR) is 122 cm³/mol. The van der Waals surface area contributed by atoms with E-state index in [2.05, 4.69) is 27.1 Å². The first kappa shape index (κ1) is 24.7. The summed E-state index contributed by atoms with van der Waals surface area (Å²) in [6.45, 7) is 1.83. The molecule has 3 aromatic rings. The summed E-state index contributed by atoms with van der Waals surface area (Å²) in [6.07, 6.45) is 2.06. The van der Waals surface area contributed by atoms with Gasteiger partial charge in [-0.1, -0.05) is 35.0 Å². The maximum absolute atomic E-state index is 14.9. The number of sulfonamides is 1. The Labute approximate surface area is 198 Å². The van der Waals surface area contributed by atoms with Crippen LogP contribution in [0.3, 0.4) is 0 Å². The number of aromatic nitrogens is 2. The molecule has 12 heteroatoms. The minimum Gasteiger partial charge on any atom is -0.392 e. The Balaban J connectivity index is 1.87.